The molecule has 0 atom stereocenters. The summed E-state index contributed by atoms with van der Waals surface area (Å²) in [6.07, 6.45) is 2.80. The molecule has 0 radical (unpaired) electrons. The number of fused-ring (bicyclic) bond motifs is 1. The molecule has 30 heavy (non-hydrogen) atoms. The van der Waals surface area contributed by atoms with E-state index in [0.717, 1.165) is 62.4 Å². The van der Waals surface area contributed by atoms with Crippen molar-refractivity contribution in [2.24, 2.45) is 0 Å². The van der Waals surface area contributed by atoms with Crippen molar-refractivity contribution in [2.45, 2.75) is 6.42 Å². The number of aromatic amines is 1. The van der Waals surface area contributed by atoms with Gasteiger partial charge in [0.05, 0.1) is 21.1 Å². The summed E-state index contributed by atoms with van der Waals surface area (Å²) in [6.45, 7) is 6.44. The number of halogens is 2. The Kier molecular flexibility index (Phi) is 6.58. The summed E-state index contributed by atoms with van der Waals surface area (Å²) < 4.78 is 0. The number of piperazine rings is 1. The summed E-state index contributed by atoms with van der Waals surface area (Å²) in [4.78, 5) is 25.0. The van der Waals surface area contributed by atoms with Gasteiger partial charge in [-0.25, -0.2) is 4.98 Å². The van der Waals surface area contributed by atoms with E-state index in [9.17, 15) is 4.79 Å². The Bertz CT molecular complexity index is 1070. The molecule has 0 aliphatic carbocycles. The van der Waals surface area contributed by atoms with E-state index >= 15 is 0 Å². The van der Waals surface area contributed by atoms with Crippen LogP contribution >= 0.6 is 23.2 Å². The average molecular weight is 446 g/mol. The lowest BCUT2D eigenvalue weighted by Gasteiger charge is -2.32. The van der Waals surface area contributed by atoms with Crippen LogP contribution < -0.4 is 10.9 Å². The first-order chi connectivity index (χ1) is 14.5. The van der Waals surface area contributed by atoms with E-state index in [1.807, 2.05) is 6.07 Å². The maximum Gasteiger partial charge on any atom is 0.256 e. The SMILES string of the molecule is CN1CCN(CCCNc2cc3[nH]c(=O)c(-c4c(Cl)cccc4Cl)cc3cn2)CC1. The fourth-order valence-corrected chi connectivity index (χ4v) is 4.33. The van der Waals surface area contributed by atoms with Crippen molar-refractivity contribution >= 4 is 39.9 Å². The van der Waals surface area contributed by atoms with E-state index in [2.05, 4.69) is 32.1 Å². The third-order valence-corrected chi connectivity index (χ3v) is 6.14. The van der Waals surface area contributed by atoms with Crippen molar-refractivity contribution in [3.8, 4) is 11.1 Å². The van der Waals surface area contributed by atoms with Gasteiger partial charge in [-0.2, -0.15) is 0 Å². The highest BCUT2D eigenvalue weighted by atomic mass is 35.5. The van der Waals surface area contributed by atoms with E-state index in [1.54, 1.807) is 30.5 Å². The van der Waals surface area contributed by atoms with Crippen LogP contribution in [0, 0.1) is 0 Å². The third kappa shape index (κ3) is 4.78. The lowest BCUT2D eigenvalue weighted by molar-refractivity contribution is 0.154. The number of aromatic nitrogens is 2. The number of benzene rings is 1. The Morgan fingerprint density at radius 2 is 1.87 bits per heavy atom. The number of rotatable bonds is 6. The summed E-state index contributed by atoms with van der Waals surface area (Å²) in [5.74, 6) is 0.750. The summed E-state index contributed by atoms with van der Waals surface area (Å²) in [7, 11) is 2.17. The highest BCUT2D eigenvalue weighted by Crippen LogP contribution is 2.33. The van der Waals surface area contributed by atoms with E-state index in [-0.39, 0.29) is 5.56 Å². The van der Waals surface area contributed by atoms with Crippen LogP contribution in [0.2, 0.25) is 10.0 Å². The summed E-state index contributed by atoms with van der Waals surface area (Å²) in [5.41, 5.74) is 1.47. The fraction of sp³-hybridized carbons (Fsp3) is 0.364. The molecule has 0 amide bonds. The topological polar surface area (TPSA) is 64.3 Å². The first-order valence-electron chi connectivity index (χ1n) is 10.1. The quantitative estimate of drug-likeness (QED) is 0.562. The van der Waals surface area contributed by atoms with Gasteiger partial charge in [0.2, 0.25) is 0 Å². The molecule has 2 N–H and O–H groups in total. The van der Waals surface area contributed by atoms with Crippen LogP contribution in [0.25, 0.3) is 22.0 Å². The van der Waals surface area contributed by atoms with Crippen LogP contribution in [0.5, 0.6) is 0 Å². The molecule has 2 aromatic heterocycles. The zero-order valence-corrected chi connectivity index (χ0v) is 18.4. The van der Waals surface area contributed by atoms with Gasteiger partial charge in [0.15, 0.2) is 0 Å². The number of H-pyrrole nitrogens is 1. The van der Waals surface area contributed by atoms with E-state index < -0.39 is 0 Å². The van der Waals surface area contributed by atoms with Gasteiger partial charge < -0.3 is 20.1 Å². The molecule has 0 spiro atoms. The molecular weight excluding hydrogens is 421 g/mol. The molecule has 1 aliphatic rings. The van der Waals surface area contributed by atoms with E-state index in [4.69, 9.17) is 23.2 Å². The number of nitrogens with zero attached hydrogens (tertiary/aromatic N) is 3. The zero-order chi connectivity index (χ0) is 21.1. The Labute approximate surface area is 185 Å². The number of hydrogen-bond donors (Lipinski definition) is 2. The molecule has 0 saturated carbocycles. The molecule has 1 aliphatic heterocycles. The second-order valence-corrected chi connectivity index (χ2v) is 8.51. The predicted octanol–water partition coefficient (Wildman–Crippen LogP) is 3.95. The van der Waals surface area contributed by atoms with Crippen LogP contribution in [0.1, 0.15) is 6.42 Å². The van der Waals surface area contributed by atoms with E-state index in [0.29, 0.717) is 21.2 Å². The fourth-order valence-electron chi connectivity index (χ4n) is 3.73. The monoisotopic (exact) mass is 445 g/mol. The minimum Gasteiger partial charge on any atom is -0.370 e. The van der Waals surface area contributed by atoms with Gasteiger partial charge in [0, 0.05) is 55.9 Å². The first-order valence-corrected chi connectivity index (χ1v) is 10.9. The Balaban J connectivity index is 1.44. The number of pyridine rings is 2. The van der Waals surface area contributed by atoms with Crippen molar-refractivity contribution in [3.05, 3.63) is 56.9 Å². The van der Waals surface area contributed by atoms with Gasteiger partial charge in [-0.3, -0.25) is 4.79 Å². The molecular formula is C22H25Cl2N5O. The summed E-state index contributed by atoms with van der Waals surface area (Å²) >= 11 is 12.6. The van der Waals surface area contributed by atoms with Gasteiger partial charge in [0.1, 0.15) is 5.82 Å². The minimum atomic E-state index is -0.232. The van der Waals surface area contributed by atoms with Gasteiger partial charge >= 0.3 is 0 Å². The number of nitrogens with one attached hydrogen (secondary N) is 2. The summed E-state index contributed by atoms with van der Waals surface area (Å²) in [6, 6.07) is 8.85. The molecule has 0 unspecified atom stereocenters. The molecule has 6 nitrogen and oxygen atoms in total. The molecule has 1 fully saturated rings. The number of likely N-dealkylation sites (N-methyl/N-ethyl adjacent to an activating group) is 1. The van der Waals surface area contributed by atoms with Crippen molar-refractivity contribution in [1.82, 2.24) is 19.8 Å². The molecule has 1 saturated heterocycles. The maximum atomic E-state index is 12.7. The Hall–Kier alpha value is -2.12. The molecule has 1 aromatic carbocycles. The van der Waals surface area contributed by atoms with Crippen LogP contribution in [-0.2, 0) is 0 Å². The van der Waals surface area contributed by atoms with Crippen molar-refractivity contribution in [3.63, 3.8) is 0 Å². The van der Waals surface area contributed by atoms with Crippen molar-refractivity contribution in [1.29, 1.82) is 0 Å². The van der Waals surface area contributed by atoms with Crippen LogP contribution in [0.4, 0.5) is 5.82 Å². The van der Waals surface area contributed by atoms with Gasteiger partial charge in [-0.1, -0.05) is 29.3 Å². The van der Waals surface area contributed by atoms with Gasteiger partial charge in [-0.15, -0.1) is 0 Å². The number of anilines is 1. The highest BCUT2D eigenvalue weighted by molar-refractivity contribution is 6.39. The lowest BCUT2D eigenvalue weighted by Crippen LogP contribution is -2.44. The largest absolute Gasteiger partial charge is 0.370 e. The van der Waals surface area contributed by atoms with Gasteiger partial charge in [0.25, 0.3) is 5.56 Å². The third-order valence-electron chi connectivity index (χ3n) is 5.51. The first kappa shape index (κ1) is 21.1. The van der Waals surface area contributed by atoms with Crippen LogP contribution in [0.15, 0.2) is 41.3 Å². The van der Waals surface area contributed by atoms with E-state index in [1.165, 1.54) is 0 Å². The minimum absolute atomic E-state index is 0.232. The highest BCUT2D eigenvalue weighted by Gasteiger charge is 2.14. The van der Waals surface area contributed by atoms with Crippen molar-refractivity contribution in [2.75, 3.05) is 51.6 Å². The normalized spacial score (nSPS) is 15.6. The molecule has 3 heterocycles. The second-order valence-electron chi connectivity index (χ2n) is 7.69. The summed E-state index contributed by atoms with van der Waals surface area (Å²) in [5, 5.41) is 5.07. The second kappa shape index (κ2) is 9.35. The molecule has 4 rings (SSSR count). The number of hydrogen-bond acceptors (Lipinski definition) is 5. The van der Waals surface area contributed by atoms with Crippen LogP contribution in [-0.4, -0.2) is 66.1 Å². The van der Waals surface area contributed by atoms with Crippen molar-refractivity contribution < 1.29 is 0 Å². The smallest absolute Gasteiger partial charge is 0.256 e. The standard InChI is InChI=1S/C22H25Cl2N5O/c1-28-8-10-29(11-9-28)7-3-6-25-20-13-19-15(14-26-20)12-16(22(30)27-19)21-17(23)4-2-5-18(21)24/h2,4-5,12-14H,3,6-11H2,1H3,(H,25,26)(H,27,30). The average Bonchev–Trinajstić information content (AvgIpc) is 2.72. The Morgan fingerprint density at radius 1 is 1.13 bits per heavy atom. The van der Waals surface area contributed by atoms with Gasteiger partial charge in [-0.05, 0) is 38.2 Å². The zero-order valence-electron chi connectivity index (χ0n) is 16.9. The Morgan fingerprint density at radius 3 is 2.60 bits per heavy atom. The molecule has 3 aromatic rings. The molecule has 8 heteroatoms. The maximum absolute atomic E-state index is 12.7. The predicted molar refractivity (Wildman–Crippen MR) is 125 cm³/mol. The molecule has 158 valence electrons. The van der Waals surface area contributed by atoms with Crippen LogP contribution in [0.3, 0.4) is 0 Å². The lowest BCUT2D eigenvalue weighted by atomic mass is 10.1. The molecule has 0 bridgehead atoms.